The maximum Gasteiger partial charge on any atom is -0.0157 e. The van der Waals surface area contributed by atoms with E-state index >= 15 is 0 Å². The van der Waals surface area contributed by atoms with Crippen LogP contribution in [-0.4, -0.2) is 0 Å². The lowest BCUT2D eigenvalue weighted by atomic mass is 9.58. The van der Waals surface area contributed by atoms with Crippen LogP contribution in [0, 0.1) is 16.7 Å². The first-order valence-electron chi connectivity index (χ1n) is 5.40. The van der Waals surface area contributed by atoms with E-state index in [9.17, 15) is 0 Å². The number of rotatable bonds is 1. The smallest absolute Gasteiger partial charge is 0.0157 e. The molecular weight excluding hydrogens is 156 g/mol. The molecule has 13 heavy (non-hydrogen) atoms. The Kier molecular flexibility index (Phi) is 2.62. The Morgan fingerprint density at radius 1 is 1.23 bits per heavy atom. The van der Waals surface area contributed by atoms with Crippen molar-refractivity contribution in [2.75, 3.05) is 0 Å². The third kappa shape index (κ3) is 2.36. The fraction of sp³-hybridized carbons (Fsp3) is 0.846. The van der Waals surface area contributed by atoms with Gasteiger partial charge in [-0.3, -0.25) is 0 Å². The highest BCUT2D eigenvalue weighted by atomic mass is 14.4. The van der Waals surface area contributed by atoms with Crippen molar-refractivity contribution >= 4 is 0 Å². The van der Waals surface area contributed by atoms with Crippen LogP contribution in [0.5, 0.6) is 0 Å². The summed E-state index contributed by atoms with van der Waals surface area (Å²) >= 11 is 0. The first-order valence-corrected chi connectivity index (χ1v) is 5.40. The first kappa shape index (κ1) is 10.8. The minimum atomic E-state index is 0.452. The molecule has 0 saturated heterocycles. The summed E-state index contributed by atoms with van der Waals surface area (Å²) in [6.45, 7) is 15.9. The minimum Gasteiger partial charge on any atom is -0.0998 e. The lowest BCUT2D eigenvalue weighted by Crippen LogP contribution is -2.36. The van der Waals surface area contributed by atoms with Gasteiger partial charge in [-0.05, 0) is 42.9 Å². The van der Waals surface area contributed by atoms with Crippen LogP contribution in [0.2, 0.25) is 0 Å². The van der Waals surface area contributed by atoms with Crippen molar-refractivity contribution in [1.29, 1.82) is 0 Å². The van der Waals surface area contributed by atoms with Crippen LogP contribution in [0.4, 0.5) is 0 Å². The van der Waals surface area contributed by atoms with E-state index < -0.39 is 0 Å². The van der Waals surface area contributed by atoms with Gasteiger partial charge in [-0.2, -0.15) is 0 Å². The second-order valence-electron chi connectivity index (χ2n) is 6.27. The Morgan fingerprint density at radius 3 is 2.15 bits per heavy atom. The van der Waals surface area contributed by atoms with E-state index in [1.165, 1.54) is 24.8 Å². The molecule has 0 heterocycles. The molecule has 0 N–H and O–H groups in total. The Bertz CT molecular complexity index is 208. The molecule has 1 unspecified atom stereocenters. The Balaban J connectivity index is 2.79. The Morgan fingerprint density at radius 2 is 1.77 bits per heavy atom. The molecule has 0 aliphatic heterocycles. The second kappa shape index (κ2) is 3.15. The third-order valence-electron chi connectivity index (χ3n) is 3.58. The van der Waals surface area contributed by atoms with E-state index in [1.54, 1.807) is 0 Å². The van der Waals surface area contributed by atoms with Crippen molar-refractivity contribution in [1.82, 2.24) is 0 Å². The second-order valence-corrected chi connectivity index (χ2v) is 6.27. The van der Waals surface area contributed by atoms with E-state index in [2.05, 4.69) is 41.2 Å². The molecule has 0 nitrogen and oxygen atoms in total. The van der Waals surface area contributed by atoms with Gasteiger partial charge in [-0.1, -0.05) is 39.8 Å². The molecule has 0 amide bonds. The zero-order chi connectivity index (χ0) is 10.3. The van der Waals surface area contributed by atoms with Gasteiger partial charge in [-0.15, -0.1) is 0 Å². The molecule has 1 saturated carbocycles. The molecule has 0 aromatic rings. The molecule has 0 spiro atoms. The van der Waals surface area contributed by atoms with Crippen LogP contribution in [0.15, 0.2) is 12.2 Å². The predicted octanol–water partition coefficient (Wildman–Crippen LogP) is 4.42. The van der Waals surface area contributed by atoms with Crippen LogP contribution in [0.25, 0.3) is 0 Å². The van der Waals surface area contributed by atoms with Crippen LogP contribution < -0.4 is 0 Å². The lowest BCUT2D eigenvalue weighted by molar-refractivity contribution is 0.0684. The van der Waals surface area contributed by atoms with Crippen molar-refractivity contribution in [3.8, 4) is 0 Å². The van der Waals surface area contributed by atoms with Gasteiger partial charge in [0.05, 0.1) is 0 Å². The van der Waals surface area contributed by atoms with Gasteiger partial charge >= 0.3 is 0 Å². The van der Waals surface area contributed by atoms with Crippen molar-refractivity contribution in [2.24, 2.45) is 16.7 Å². The van der Waals surface area contributed by atoms with Gasteiger partial charge in [0, 0.05) is 0 Å². The van der Waals surface area contributed by atoms with Gasteiger partial charge < -0.3 is 0 Å². The predicted molar refractivity (Wildman–Crippen MR) is 59.7 cm³/mol. The third-order valence-corrected chi connectivity index (χ3v) is 3.58. The number of hydrogen-bond donors (Lipinski definition) is 0. The summed E-state index contributed by atoms with van der Waals surface area (Å²) in [7, 11) is 0. The zero-order valence-electron chi connectivity index (χ0n) is 9.91. The Labute approximate surface area is 83.4 Å². The average molecular weight is 180 g/mol. The van der Waals surface area contributed by atoms with Crippen LogP contribution in [-0.2, 0) is 0 Å². The van der Waals surface area contributed by atoms with Gasteiger partial charge in [0.15, 0.2) is 0 Å². The summed E-state index contributed by atoms with van der Waals surface area (Å²) in [5.74, 6) is 0.737. The van der Waals surface area contributed by atoms with Crippen molar-refractivity contribution in [2.45, 2.75) is 53.9 Å². The first-order chi connectivity index (χ1) is 5.75. The normalized spacial score (nSPS) is 31.3. The molecule has 0 radical (unpaired) electrons. The van der Waals surface area contributed by atoms with E-state index in [-0.39, 0.29) is 0 Å². The van der Waals surface area contributed by atoms with Gasteiger partial charge in [0.2, 0.25) is 0 Å². The summed E-state index contributed by atoms with van der Waals surface area (Å²) < 4.78 is 0. The SMILES string of the molecule is C=C(C)C1CCC(C)(C)CC1(C)C. The van der Waals surface area contributed by atoms with Crippen LogP contribution in [0.3, 0.4) is 0 Å². The standard InChI is InChI=1S/C13H24/c1-10(2)11-7-8-12(3,4)9-13(11,5)6/h11H,1,7-9H2,2-6H3. The summed E-state index contributed by atoms with van der Waals surface area (Å²) in [6, 6.07) is 0. The average Bonchev–Trinajstić information content (AvgIpc) is 1.79. The van der Waals surface area contributed by atoms with Crippen LogP contribution in [0.1, 0.15) is 53.9 Å². The van der Waals surface area contributed by atoms with Gasteiger partial charge in [0.1, 0.15) is 0 Å². The maximum atomic E-state index is 4.12. The molecule has 1 fully saturated rings. The molecule has 1 rings (SSSR count). The van der Waals surface area contributed by atoms with Gasteiger partial charge in [-0.25, -0.2) is 0 Å². The summed E-state index contributed by atoms with van der Waals surface area (Å²) in [4.78, 5) is 0. The monoisotopic (exact) mass is 180 g/mol. The van der Waals surface area contributed by atoms with E-state index in [1.807, 2.05) is 0 Å². The van der Waals surface area contributed by atoms with Crippen molar-refractivity contribution in [3.63, 3.8) is 0 Å². The summed E-state index contributed by atoms with van der Waals surface area (Å²) in [5.41, 5.74) is 2.36. The van der Waals surface area contributed by atoms with Crippen molar-refractivity contribution in [3.05, 3.63) is 12.2 Å². The topological polar surface area (TPSA) is 0 Å². The molecule has 1 aliphatic carbocycles. The number of allylic oxidation sites excluding steroid dienone is 1. The quantitative estimate of drug-likeness (QED) is 0.524. The highest BCUT2D eigenvalue weighted by Gasteiger charge is 2.40. The molecule has 0 bridgehead atoms. The van der Waals surface area contributed by atoms with Crippen molar-refractivity contribution < 1.29 is 0 Å². The largest absolute Gasteiger partial charge is 0.0998 e. The highest BCUT2D eigenvalue weighted by molar-refractivity contribution is 5.06. The van der Waals surface area contributed by atoms with Gasteiger partial charge in [0.25, 0.3) is 0 Å². The molecule has 1 aliphatic rings. The van der Waals surface area contributed by atoms with E-state index in [4.69, 9.17) is 0 Å². The Hall–Kier alpha value is -0.260. The van der Waals surface area contributed by atoms with Crippen LogP contribution >= 0.6 is 0 Å². The number of hydrogen-bond acceptors (Lipinski definition) is 0. The lowest BCUT2D eigenvalue weighted by Gasteiger charge is -2.47. The summed E-state index contributed by atoms with van der Waals surface area (Å²) in [5, 5.41) is 0. The zero-order valence-corrected chi connectivity index (χ0v) is 9.91. The van der Waals surface area contributed by atoms with E-state index in [0.29, 0.717) is 10.8 Å². The molecule has 76 valence electrons. The fourth-order valence-electron chi connectivity index (χ4n) is 3.28. The highest BCUT2D eigenvalue weighted by Crippen LogP contribution is 2.51. The molecular formula is C13H24. The van der Waals surface area contributed by atoms with E-state index in [0.717, 1.165) is 5.92 Å². The molecule has 0 aromatic carbocycles. The molecule has 0 aromatic heterocycles. The summed E-state index contributed by atoms with van der Waals surface area (Å²) in [6.07, 6.45) is 4.01. The minimum absolute atomic E-state index is 0.452. The maximum absolute atomic E-state index is 4.12. The fourth-order valence-corrected chi connectivity index (χ4v) is 3.28. The molecule has 0 heteroatoms. The molecule has 1 atom stereocenters.